The van der Waals surface area contributed by atoms with Gasteiger partial charge in [-0.05, 0) is 36.4 Å². The van der Waals surface area contributed by atoms with Gasteiger partial charge in [-0.2, -0.15) is 0 Å². The highest BCUT2D eigenvalue weighted by Gasteiger charge is 2.11. The molecule has 0 saturated carbocycles. The van der Waals surface area contributed by atoms with Crippen LogP contribution in [-0.4, -0.2) is 6.54 Å². The lowest BCUT2D eigenvalue weighted by Crippen LogP contribution is -2.19. The third kappa shape index (κ3) is 2.41. The van der Waals surface area contributed by atoms with Crippen molar-refractivity contribution in [3.8, 4) is 0 Å². The Balaban J connectivity index is 2.10. The van der Waals surface area contributed by atoms with Crippen LogP contribution in [0.3, 0.4) is 0 Å². The molecule has 4 heteroatoms. The quantitative estimate of drug-likeness (QED) is 0.832. The first kappa shape index (κ1) is 10.7. The van der Waals surface area contributed by atoms with Gasteiger partial charge in [-0.3, -0.25) is 0 Å². The van der Waals surface area contributed by atoms with Gasteiger partial charge in [-0.1, -0.05) is 0 Å². The summed E-state index contributed by atoms with van der Waals surface area (Å²) < 4.78 is 18.0. The Hall–Kier alpha value is -1.81. The van der Waals surface area contributed by atoms with Crippen LogP contribution >= 0.6 is 0 Å². The van der Waals surface area contributed by atoms with E-state index in [1.54, 1.807) is 18.4 Å². The maximum absolute atomic E-state index is 12.7. The van der Waals surface area contributed by atoms with Crippen LogP contribution in [0.2, 0.25) is 0 Å². The van der Waals surface area contributed by atoms with Gasteiger partial charge in [0.25, 0.3) is 0 Å². The number of anilines is 1. The molecule has 0 saturated heterocycles. The van der Waals surface area contributed by atoms with Crippen LogP contribution < -0.4 is 11.1 Å². The van der Waals surface area contributed by atoms with Gasteiger partial charge in [0.2, 0.25) is 0 Å². The molecule has 1 atom stereocenters. The number of furan rings is 1. The summed E-state index contributed by atoms with van der Waals surface area (Å²) in [6.07, 6.45) is 1.60. The summed E-state index contributed by atoms with van der Waals surface area (Å²) >= 11 is 0. The monoisotopic (exact) mass is 220 g/mol. The van der Waals surface area contributed by atoms with Crippen molar-refractivity contribution in [2.24, 2.45) is 5.73 Å². The Labute approximate surface area is 93.1 Å². The lowest BCUT2D eigenvalue weighted by molar-refractivity contribution is 0.481. The summed E-state index contributed by atoms with van der Waals surface area (Å²) in [5.74, 6) is 0.514. The molecule has 2 aromatic rings. The van der Waals surface area contributed by atoms with Crippen LogP contribution in [0.15, 0.2) is 47.1 Å². The zero-order valence-corrected chi connectivity index (χ0v) is 8.69. The molecular formula is C12H13FN2O. The number of halogens is 1. The van der Waals surface area contributed by atoms with Crippen LogP contribution in [-0.2, 0) is 0 Å². The molecule has 2 rings (SSSR count). The zero-order chi connectivity index (χ0) is 11.4. The van der Waals surface area contributed by atoms with Crippen molar-refractivity contribution in [1.82, 2.24) is 0 Å². The maximum Gasteiger partial charge on any atom is 0.127 e. The number of hydrogen-bond donors (Lipinski definition) is 2. The van der Waals surface area contributed by atoms with Crippen molar-refractivity contribution in [1.29, 1.82) is 0 Å². The molecule has 0 radical (unpaired) electrons. The SMILES string of the molecule is NCC(Nc1ccc(F)cc1)c1ccco1. The summed E-state index contributed by atoms with van der Waals surface area (Å²) in [7, 11) is 0. The third-order valence-electron chi connectivity index (χ3n) is 2.31. The van der Waals surface area contributed by atoms with E-state index in [2.05, 4.69) is 5.32 Å². The number of nitrogens with one attached hydrogen (secondary N) is 1. The van der Waals surface area contributed by atoms with Crippen LogP contribution in [0.1, 0.15) is 11.8 Å². The van der Waals surface area contributed by atoms with Gasteiger partial charge in [0, 0.05) is 12.2 Å². The molecule has 3 N–H and O–H groups in total. The first-order valence-corrected chi connectivity index (χ1v) is 5.05. The Morgan fingerprint density at radius 2 is 2.00 bits per heavy atom. The van der Waals surface area contributed by atoms with Crippen LogP contribution in [0.4, 0.5) is 10.1 Å². The molecule has 3 nitrogen and oxygen atoms in total. The summed E-state index contributed by atoms with van der Waals surface area (Å²) in [5.41, 5.74) is 6.46. The molecule has 0 spiro atoms. The Morgan fingerprint density at radius 1 is 1.25 bits per heavy atom. The van der Waals surface area contributed by atoms with Crippen molar-refractivity contribution in [3.05, 3.63) is 54.2 Å². The number of hydrogen-bond acceptors (Lipinski definition) is 3. The molecule has 1 aromatic carbocycles. The Kier molecular flexibility index (Phi) is 3.22. The predicted molar refractivity (Wildman–Crippen MR) is 60.5 cm³/mol. The van der Waals surface area contributed by atoms with Gasteiger partial charge in [-0.15, -0.1) is 0 Å². The normalized spacial score (nSPS) is 12.4. The molecule has 1 aromatic heterocycles. The van der Waals surface area contributed by atoms with Gasteiger partial charge >= 0.3 is 0 Å². The van der Waals surface area contributed by atoms with Crippen LogP contribution in [0.5, 0.6) is 0 Å². The smallest absolute Gasteiger partial charge is 0.127 e. The molecule has 0 fully saturated rings. The average Bonchev–Trinajstić information content (AvgIpc) is 2.82. The molecule has 0 bridgehead atoms. The highest BCUT2D eigenvalue weighted by molar-refractivity contribution is 5.44. The standard InChI is InChI=1S/C12H13FN2O/c13-9-3-5-10(6-4-9)15-11(8-14)12-2-1-7-16-12/h1-7,11,15H,8,14H2. The van der Waals surface area contributed by atoms with Crippen molar-refractivity contribution in [2.45, 2.75) is 6.04 Å². The lowest BCUT2D eigenvalue weighted by Gasteiger charge is -2.15. The molecule has 0 aliphatic heterocycles. The van der Waals surface area contributed by atoms with Crippen LogP contribution in [0.25, 0.3) is 0 Å². The fourth-order valence-electron chi connectivity index (χ4n) is 1.48. The van der Waals surface area contributed by atoms with Gasteiger partial charge < -0.3 is 15.5 Å². The molecule has 1 heterocycles. The van der Waals surface area contributed by atoms with Crippen molar-refractivity contribution >= 4 is 5.69 Å². The molecule has 0 amide bonds. The largest absolute Gasteiger partial charge is 0.467 e. The van der Waals surface area contributed by atoms with E-state index in [9.17, 15) is 4.39 Å². The number of benzene rings is 1. The molecule has 0 aliphatic carbocycles. The van der Waals surface area contributed by atoms with E-state index in [4.69, 9.17) is 10.2 Å². The van der Waals surface area contributed by atoms with Crippen molar-refractivity contribution in [2.75, 3.05) is 11.9 Å². The van der Waals surface area contributed by atoms with Gasteiger partial charge in [-0.25, -0.2) is 4.39 Å². The zero-order valence-electron chi connectivity index (χ0n) is 8.69. The fourth-order valence-corrected chi connectivity index (χ4v) is 1.48. The topological polar surface area (TPSA) is 51.2 Å². The second kappa shape index (κ2) is 4.81. The van der Waals surface area contributed by atoms with Gasteiger partial charge in [0.05, 0.1) is 12.3 Å². The van der Waals surface area contributed by atoms with E-state index in [1.165, 1.54) is 12.1 Å². The molecule has 84 valence electrons. The van der Waals surface area contributed by atoms with E-state index < -0.39 is 0 Å². The van der Waals surface area contributed by atoms with E-state index in [0.29, 0.717) is 6.54 Å². The lowest BCUT2D eigenvalue weighted by atomic mass is 10.2. The number of nitrogens with two attached hydrogens (primary N) is 1. The Bertz CT molecular complexity index is 425. The highest BCUT2D eigenvalue weighted by Crippen LogP contribution is 2.19. The maximum atomic E-state index is 12.7. The average molecular weight is 220 g/mol. The number of rotatable bonds is 4. The highest BCUT2D eigenvalue weighted by atomic mass is 19.1. The molecule has 0 aliphatic rings. The first-order chi connectivity index (χ1) is 7.79. The summed E-state index contributed by atoms with van der Waals surface area (Å²) in [6, 6.07) is 9.71. The van der Waals surface area contributed by atoms with Gasteiger partial charge in [0.15, 0.2) is 0 Å². The minimum atomic E-state index is -0.257. The Morgan fingerprint density at radius 3 is 2.56 bits per heavy atom. The predicted octanol–water partition coefficient (Wildman–Crippen LogP) is 2.53. The summed E-state index contributed by atoms with van der Waals surface area (Å²) in [6.45, 7) is 0.408. The van der Waals surface area contributed by atoms with Crippen LogP contribution in [0, 0.1) is 5.82 Å². The van der Waals surface area contributed by atoms with E-state index in [1.807, 2.05) is 12.1 Å². The summed E-state index contributed by atoms with van der Waals surface area (Å²) in [4.78, 5) is 0. The molecule has 1 unspecified atom stereocenters. The molecule has 16 heavy (non-hydrogen) atoms. The van der Waals surface area contributed by atoms with E-state index in [0.717, 1.165) is 11.4 Å². The minimum absolute atomic E-state index is 0.0968. The molecular weight excluding hydrogens is 207 g/mol. The fraction of sp³-hybridized carbons (Fsp3) is 0.167. The van der Waals surface area contributed by atoms with Crippen molar-refractivity contribution < 1.29 is 8.81 Å². The van der Waals surface area contributed by atoms with E-state index in [-0.39, 0.29) is 11.9 Å². The first-order valence-electron chi connectivity index (χ1n) is 5.05. The van der Waals surface area contributed by atoms with Gasteiger partial charge in [0.1, 0.15) is 11.6 Å². The summed E-state index contributed by atoms with van der Waals surface area (Å²) in [5, 5.41) is 3.17. The van der Waals surface area contributed by atoms with Crippen molar-refractivity contribution in [3.63, 3.8) is 0 Å². The third-order valence-corrected chi connectivity index (χ3v) is 2.31. The minimum Gasteiger partial charge on any atom is -0.467 e. The van der Waals surface area contributed by atoms with E-state index >= 15 is 0 Å². The second-order valence-electron chi connectivity index (χ2n) is 3.45. The second-order valence-corrected chi connectivity index (χ2v) is 3.45.